The molecule has 29 heavy (non-hydrogen) atoms. The first-order valence-corrected chi connectivity index (χ1v) is 8.58. The molecule has 3 rings (SSSR count). The van der Waals surface area contributed by atoms with Gasteiger partial charge in [-0.25, -0.2) is 0 Å². The largest absolute Gasteiger partial charge is 0.508 e. The molecule has 0 spiro atoms. The summed E-state index contributed by atoms with van der Waals surface area (Å²) in [5.74, 6) is 0.0478. The van der Waals surface area contributed by atoms with E-state index in [1.165, 1.54) is 12.1 Å². The van der Waals surface area contributed by atoms with Crippen LogP contribution in [0, 0.1) is 0 Å². The first-order chi connectivity index (χ1) is 13.5. The van der Waals surface area contributed by atoms with Gasteiger partial charge in [0.05, 0.1) is 30.4 Å². The number of hydrogen-bond donors (Lipinski definition) is 2. The van der Waals surface area contributed by atoms with Crippen LogP contribution in [0.25, 0.3) is 0 Å². The number of benzene rings is 2. The molecule has 0 aliphatic carbocycles. The molecule has 1 aliphatic rings. The van der Waals surface area contributed by atoms with Crippen LogP contribution in [0.3, 0.4) is 0 Å². The van der Waals surface area contributed by atoms with Crippen molar-refractivity contribution in [3.8, 4) is 5.75 Å². The Bertz CT molecular complexity index is 803. The lowest BCUT2D eigenvalue weighted by Gasteiger charge is -2.33. The van der Waals surface area contributed by atoms with E-state index < -0.39 is 42.4 Å². The lowest BCUT2D eigenvalue weighted by atomic mass is 10.0. The molecule has 1 fully saturated rings. The van der Waals surface area contributed by atoms with Crippen LogP contribution in [0.5, 0.6) is 5.75 Å². The lowest BCUT2D eigenvalue weighted by Crippen LogP contribution is -2.43. The predicted octanol–water partition coefficient (Wildman–Crippen LogP) is 4.63. The first-order valence-electron chi connectivity index (χ1n) is 8.58. The quantitative estimate of drug-likeness (QED) is 0.707. The van der Waals surface area contributed by atoms with E-state index in [4.69, 9.17) is 9.47 Å². The minimum Gasteiger partial charge on any atom is -0.508 e. The van der Waals surface area contributed by atoms with Gasteiger partial charge in [-0.3, -0.25) is 0 Å². The number of morpholine rings is 1. The Morgan fingerprint density at radius 2 is 1.55 bits per heavy atom. The minimum atomic E-state index is -4.92. The summed E-state index contributed by atoms with van der Waals surface area (Å²) in [6.07, 6.45) is -10.8. The molecular formula is C19H17F6NO3. The van der Waals surface area contributed by atoms with E-state index in [-0.39, 0.29) is 24.0 Å². The molecule has 1 saturated heterocycles. The van der Waals surface area contributed by atoms with E-state index in [0.717, 1.165) is 0 Å². The molecule has 1 aliphatic heterocycles. The predicted molar refractivity (Wildman–Crippen MR) is 89.8 cm³/mol. The fourth-order valence-corrected chi connectivity index (χ4v) is 2.96. The van der Waals surface area contributed by atoms with Crippen molar-refractivity contribution in [1.82, 2.24) is 5.32 Å². The summed E-state index contributed by atoms with van der Waals surface area (Å²) < 4.78 is 88.9. The van der Waals surface area contributed by atoms with E-state index in [1.807, 2.05) is 0 Å². The van der Waals surface area contributed by atoms with Gasteiger partial charge in [0.15, 0.2) is 6.29 Å². The number of aromatic hydroxyl groups is 1. The standard InChI is InChI=1S/C19H17F6NO3/c20-18(21,22)13-7-11(8-14(9-13)19(23,24)25)10-29-17-16(26-5-6-28-17)12-1-3-15(27)4-2-12/h1-4,7-9,16-17,26-27H,5-6,10H2/t16-,17+/m0/s1. The van der Waals surface area contributed by atoms with Crippen molar-refractivity contribution in [2.24, 2.45) is 0 Å². The van der Waals surface area contributed by atoms with Crippen LogP contribution in [-0.2, 0) is 28.4 Å². The zero-order chi connectivity index (χ0) is 21.2. The third kappa shape index (κ3) is 5.40. The second-order valence-corrected chi connectivity index (χ2v) is 6.49. The van der Waals surface area contributed by atoms with Crippen molar-refractivity contribution < 1.29 is 40.9 Å². The Labute approximate surface area is 162 Å². The number of alkyl halides is 6. The highest BCUT2D eigenvalue weighted by Crippen LogP contribution is 2.36. The van der Waals surface area contributed by atoms with Crippen molar-refractivity contribution >= 4 is 0 Å². The molecule has 2 N–H and O–H groups in total. The van der Waals surface area contributed by atoms with E-state index in [1.54, 1.807) is 12.1 Å². The molecule has 158 valence electrons. The normalized spacial score (nSPS) is 20.6. The molecule has 0 radical (unpaired) electrons. The molecule has 0 unspecified atom stereocenters. The Kier molecular flexibility index (Phi) is 6.06. The molecular weight excluding hydrogens is 404 g/mol. The van der Waals surface area contributed by atoms with Gasteiger partial charge in [-0.05, 0) is 41.5 Å². The summed E-state index contributed by atoms with van der Waals surface area (Å²) in [5, 5.41) is 12.5. The van der Waals surface area contributed by atoms with Crippen molar-refractivity contribution in [3.05, 3.63) is 64.7 Å². The molecule has 10 heteroatoms. The zero-order valence-corrected chi connectivity index (χ0v) is 14.8. The molecule has 0 saturated carbocycles. The Hall–Kier alpha value is -2.30. The lowest BCUT2D eigenvalue weighted by molar-refractivity contribution is -0.184. The van der Waals surface area contributed by atoms with E-state index in [2.05, 4.69) is 5.32 Å². The molecule has 2 atom stereocenters. The van der Waals surface area contributed by atoms with Crippen LogP contribution in [0.1, 0.15) is 28.3 Å². The number of hydrogen-bond acceptors (Lipinski definition) is 4. The highest BCUT2D eigenvalue weighted by molar-refractivity contribution is 5.33. The Morgan fingerprint density at radius 3 is 2.10 bits per heavy atom. The van der Waals surface area contributed by atoms with Gasteiger partial charge in [0.1, 0.15) is 5.75 Å². The maximum atomic E-state index is 13.0. The molecule has 2 aromatic carbocycles. The number of halogens is 6. The van der Waals surface area contributed by atoms with Gasteiger partial charge in [-0.2, -0.15) is 26.3 Å². The summed E-state index contributed by atoms with van der Waals surface area (Å²) >= 11 is 0. The average Bonchev–Trinajstić information content (AvgIpc) is 2.66. The first kappa shape index (κ1) is 21.4. The van der Waals surface area contributed by atoms with E-state index >= 15 is 0 Å². The number of ether oxygens (including phenoxy) is 2. The fourth-order valence-electron chi connectivity index (χ4n) is 2.96. The second-order valence-electron chi connectivity index (χ2n) is 6.49. The summed E-state index contributed by atoms with van der Waals surface area (Å²) in [6, 6.07) is 6.95. The van der Waals surface area contributed by atoms with Gasteiger partial charge in [-0.1, -0.05) is 12.1 Å². The summed E-state index contributed by atoms with van der Waals surface area (Å²) in [4.78, 5) is 0. The Morgan fingerprint density at radius 1 is 0.966 bits per heavy atom. The van der Waals surface area contributed by atoms with Gasteiger partial charge < -0.3 is 19.9 Å². The number of phenolic OH excluding ortho intramolecular Hbond substituents is 1. The summed E-state index contributed by atoms with van der Waals surface area (Å²) in [5.41, 5.74) is -2.38. The van der Waals surface area contributed by atoms with Crippen LogP contribution in [0.15, 0.2) is 42.5 Å². The van der Waals surface area contributed by atoms with Crippen LogP contribution in [0.4, 0.5) is 26.3 Å². The van der Waals surface area contributed by atoms with Gasteiger partial charge >= 0.3 is 12.4 Å². The number of nitrogens with one attached hydrogen (secondary N) is 1. The minimum absolute atomic E-state index is 0.0478. The smallest absolute Gasteiger partial charge is 0.416 e. The van der Waals surface area contributed by atoms with Crippen molar-refractivity contribution in [3.63, 3.8) is 0 Å². The average molecular weight is 421 g/mol. The number of rotatable bonds is 4. The molecule has 0 amide bonds. The molecule has 0 bridgehead atoms. The maximum absolute atomic E-state index is 13.0. The summed E-state index contributed by atoms with van der Waals surface area (Å²) in [7, 11) is 0. The summed E-state index contributed by atoms with van der Waals surface area (Å²) in [6.45, 7) is 0.233. The van der Waals surface area contributed by atoms with Gasteiger partial charge in [0, 0.05) is 6.54 Å². The maximum Gasteiger partial charge on any atom is 0.416 e. The molecule has 0 aromatic heterocycles. The SMILES string of the molecule is Oc1ccc([C@@H]2NCCO[C@@H]2OCc2cc(C(F)(F)F)cc(C(F)(F)F)c2)cc1. The highest BCUT2D eigenvalue weighted by atomic mass is 19.4. The van der Waals surface area contributed by atoms with E-state index in [0.29, 0.717) is 24.2 Å². The van der Waals surface area contributed by atoms with Crippen LogP contribution in [-0.4, -0.2) is 24.5 Å². The van der Waals surface area contributed by atoms with Crippen molar-refractivity contribution in [2.75, 3.05) is 13.2 Å². The van der Waals surface area contributed by atoms with Gasteiger partial charge in [0.2, 0.25) is 0 Å². The fraction of sp³-hybridized carbons (Fsp3) is 0.368. The highest BCUT2D eigenvalue weighted by Gasteiger charge is 2.37. The monoisotopic (exact) mass is 421 g/mol. The van der Waals surface area contributed by atoms with Gasteiger partial charge in [-0.15, -0.1) is 0 Å². The van der Waals surface area contributed by atoms with Crippen LogP contribution in [0.2, 0.25) is 0 Å². The third-order valence-corrected chi connectivity index (χ3v) is 4.33. The molecule has 1 heterocycles. The van der Waals surface area contributed by atoms with Crippen LogP contribution >= 0.6 is 0 Å². The topological polar surface area (TPSA) is 50.7 Å². The van der Waals surface area contributed by atoms with Gasteiger partial charge in [0.25, 0.3) is 0 Å². The third-order valence-electron chi connectivity index (χ3n) is 4.33. The van der Waals surface area contributed by atoms with Crippen molar-refractivity contribution in [1.29, 1.82) is 0 Å². The second kappa shape index (κ2) is 8.21. The van der Waals surface area contributed by atoms with Crippen molar-refractivity contribution in [2.45, 2.75) is 31.3 Å². The zero-order valence-electron chi connectivity index (χ0n) is 14.8. The molecule has 4 nitrogen and oxygen atoms in total. The van der Waals surface area contributed by atoms with E-state index in [9.17, 15) is 31.4 Å². The Balaban J connectivity index is 1.80. The molecule has 2 aromatic rings. The van der Waals surface area contributed by atoms with Crippen LogP contribution < -0.4 is 5.32 Å². The number of phenols is 1.